The third-order valence-electron chi connectivity index (χ3n) is 8.98. The molecular weight excluding hydrogens is 534 g/mol. The molecule has 0 spiro atoms. The van der Waals surface area contributed by atoms with E-state index in [1.54, 1.807) is 0 Å². The van der Waals surface area contributed by atoms with Gasteiger partial charge in [0.1, 0.15) is 11.6 Å². The summed E-state index contributed by atoms with van der Waals surface area (Å²) in [5.41, 5.74) is 0. The van der Waals surface area contributed by atoms with Gasteiger partial charge in [0, 0.05) is 61.1 Å². The van der Waals surface area contributed by atoms with Gasteiger partial charge in [-0.2, -0.15) is 0 Å². The Kier molecular flexibility index (Phi) is 8.61. The van der Waals surface area contributed by atoms with E-state index in [-0.39, 0.29) is 49.5 Å². The molecule has 4 atom stereocenters. The Morgan fingerprint density at radius 2 is 1.75 bits per heavy atom. The maximum Gasteiger partial charge on any atom is 0.248 e. The van der Waals surface area contributed by atoms with Gasteiger partial charge in [0.05, 0.1) is 11.0 Å². The average Bonchev–Trinajstić information content (AvgIpc) is 3.56. The number of carbonyl (C=O) groups excluding carboxylic acids is 2. The predicted octanol–water partition coefficient (Wildman–Crippen LogP) is 5.97. The fourth-order valence-corrected chi connectivity index (χ4v) is 8.03. The Hall–Kier alpha value is -2.40. The summed E-state index contributed by atoms with van der Waals surface area (Å²) in [5, 5.41) is 15.6. The van der Waals surface area contributed by atoms with Crippen LogP contribution in [0.4, 0.5) is 13.8 Å². The first kappa shape index (κ1) is 29.1. The second kappa shape index (κ2) is 11.8. The number of rotatable bonds is 9. The molecule has 40 heavy (non-hydrogen) atoms. The van der Waals surface area contributed by atoms with Crippen LogP contribution in [0.25, 0.3) is 0 Å². The van der Waals surface area contributed by atoms with Crippen molar-refractivity contribution in [2.45, 2.75) is 121 Å². The number of alkyl halides is 2. The topological polar surface area (TPSA) is 92.2 Å². The molecule has 220 valence electrons. The standard InChI is InChI=1S/C29H42F2N6O2S/c1-17(2)27-35-34-18(3)37(27)23-15-21-5-6-22(16-23)36(21)14-11-24(25-7-8-26(40-25)32-19(4)38)33-28(39)20-9-12-29(30,31)13-10-20/h7-8,17,20-24H,5-6,9-16H2,1-4H3,(H,32,38)(H,33,39)/t21-,22+,23-,24-/m0/s1. The number of thiophene rings is 1. The molecule has 2 N–H and O–H groups in total. The summed E-state index contributed by atoms with van der Waals surface area (Å²) in [4.78, 5) is 28.4. The van der Waals surface area contributed by atoms with Crippen LogP contribution in [-0.4, -0.2) is 56.0 Å². The number of anilines is 1. The van der Waals surface area contributed by atoms with Crippen LogP contribution in [0.2, 0.25) is 0 Å². The Morgan fingerprint density at radius 3 is 2.38 bits per heavy atom. The van der Waals surface area contributed by atoms with E-state index in [1.807, 2.05) is 19.1 Å². The monoisotopic (exact) mass is 576 g/mol. The van der Waals surface area contributed by atoms with Gasteiger partial charge < -0.3 is 15.2 Å². The zero-order chi connectivity index (χ0) is 28.6. The van der Waals surface area contributed by atoms with Crippen molar-refractivity contribution in [2.75, 3.05) is 11.9 Å². The van der Waals surface area contributed by atoms with E-state index in [1.165, 1.54) is 31.1 Å². The third kappa shape index (κ3) is 6.40. The quantitative estimate of drug-likeness (QED) is 0.384. The summed E-state index contributed by atoms with van der Waals surface area (Å²) in [6.07, 6.45) is 5.15. The van der Waals surface area contributed by atoms with Gasteiger partial charge in [0.2, 0.25) is 17.7 Å². The predicted molar refractivity (Wildman–Crippen MR) is 152 cm³/mol. The molecular formula is C29H42F2N6O2S. The zero-order valence-electron chi connectivity index (χ0n) is 24.0. The highest BCUT2D eigenvalue weighted by atomic mass is 32.1. The van der Waals surface area contributed by atoms with Crippen LogP contribution in [0.1, 0.15) is 113 Å². The van der Waals surface area contributed by atoms with Crippen LogP contribution in [-0.2, 0) is 9.59 Å². The normalized spacial score (nSPS) is 25.7. The molecule has 1 aliphatic carbocycles. The SMILES string of the molecule is CC(=O)Nc1ccc([C@H](CCN2[C@@H]3CC[C@H]2C[C@H](n2c(C)nnc2C(C)C)C3)NC(=O)C2CCC(F)(F)CC2)s1. The number of piperidine rings is 1. The molecule has 0 aromatic carbocycles. The van der Waals surface area contributed by atoms with Crippen molar-refractivity contribution in [3.05, 3.63) is 28.7 Å². The molecule has 0 unspecified atom stereocenters. The van der Waals surface area contributed by atoms with Gasteiger partial charge in [0.25, 0.3) is 0 Å². The number of halogens is 2. The lowest BCUT2D eigenvalue weighted by molar-refractivity contribution is -0.130. The van der Waals surface area contributed by atoms with E-state index in [4.69, 9.17) is 0 Å². The van der Waals surface area contributed by atoms with Crippen molar-refractivity contribution in [1.29, 1.82) is 0 Å². The maximum absolute atomic E-state index is 13.7. The number of hydrogen-bond donors (Lipinski definition) is 2. The average molecular weight is 577 g/mol. The second-order valence-corrected chi connectivity index (χ2v) is 13.4. The summed E-state index contributed by atoms with van der Waals surface area (Å²) >= 11 is 1.46. The van der Waals surface area contributed by atoms with Crippen LogP contribution >= 0.6 is 11.3 Å². The molecule has 2 aromatic rings. The summed E-state index contributed by atoms with van der Waals surface area (Å²) in [7, 11) is 0. The molecule has 2 saturated heterocycles. The van der Waals surface area contributed by atoms with Gasteiger partial charge in [0.15, 0.2) is 0 Å². The van der Waals surface area contributed by atoms with Gasteiger partial charge in [-0.05, 0) is 64.0 Å². The Bertz CT molecular complexity index is 1190. The highest BCUT2D eigenvalue weighted by molar-refractivity contribution is 7.16. The molecule has 0 radical (unpaired) electrons. The van der Waals surface area contributed by atoms with Gasteiger partial charge in [-0.15, -0.1) is 21.5 Å². The smallest absolute Gasteiger partial charge is 0.248 e. The van der Waals surface area contributed by atoms with Crippen LogP contribution in [0.5, 0.6) is 0 Å². The molecule has 2 amide bonds. The molecule has 4 heterocycles. The van der Waals surface area contributed by atoms with Crippen molar-refractivity contribution in [2.24, 2.45) is 5.92 Å². The first-order chi connectivity index (χ1) is 19.0. The fourth-order valence-electron chi connectivity index (χ4n) is 6.99. The van der Waals surface area contributed by atoms with Crippen LogP contribution in [0.3, 0.4) is 0 Å². The highest BCUT2D eigenvalue weighted by Crippen LogP contribution is 2.43. The number of nitrogens with one attached hydrogen (secondary N) is 2. The molecule has 2 aromatic heterocycles. The minimum Gasteiger partial charge on any atom is -0.348 e. The number of aromatic nitrogens is 3. The number of amides is 2. The third-order valence-corrected chi connectivity index (χ3v) is 10.1. The van der Waals surface area contributed by atoms with E-state index >= 15 is 0 Å². The number of hydrogen-bond acceptors (Lipinski definition) is 6. The Labute approximate surface area is 239 Å². The minimum absolute atomic E-state index is 0.138. The molecule has 2 bridgehead atoms. The molecule has 3 fully saturated rings. The number of fused-ring (bicyclic) bond motifs is 2. The highest BCUT2D eigenvalue weighted by Gasteiger charge is 2.43. The largest absolute Gasteiger partial charge is 0.348 e. The van der Waals surface area contributed by atoms with E-state index in [0.29, 0.717) is 24.0 Å². The summed E-state index contributed by atoms with van der Waals surface area (Å²) < 4.78 is 29.8. The lowest BCUT2D eigenvalue weighted by atomic mass is 9.86. The molecule has 5 rings (SSSR count). The molecule has 8 nitrogen and oxygen atoms in total. The number of nitrogens with zero attached hydrogens (tertiary/aromatic N) is 4. The number of aryl methyl sites for hydroxylation is 1. The Balaban J connectivity index is 1.27. The lowest BCUT2D eigenvalue weighted by Gasteiger charge is -2.40. The van der Waals surface area contributed by atoms with Crippen molar-refractivity contribution in [3.8, 4) is 0 Å². The molecule has 11 heteroatoms. The van der Waals surface area contributed by atoms with E-state index in [9.17, 15) is 18.4 Å². The Morgan fingerprint density at radius 1 is 1.07 bits per heavy atom. The van der Waals surface area contributed by atoms with Gasteiger partial charge >= 0.3 is 0 Å². The van der Waals surface area contributed by atoms with Crippen molar-refractivity contribution in [1.82, 2.24) is 25.0 Å². The van der Waals surface area contributed by atoms with E-state index in [0.717, 1.165) is 47.3 Å². The van der Waals surface area contributed by atoms with Crippen molar-refractivity contribution in [3.63, 3.8) is 0 Å². The van der Waals surface area contributed by atoms with Crippen molar-refractivity contribution >= 4 is 28.2 Å². The van der Waals surface area contributed by atoms with Crippen molar-refractivity contribution < 1.29 is 18.4 Å². The molecule has 1 saturated carbocycles. The minimum atomic E-state index is -2.66. The van der Waals surface area contributed by atoms with Crippen LogP contribution in [0.15, 0.2) is 12.1 Å². The first-order valence-electron chi connectivity index (χ1n) is 14.7. The lowest BCUT2D eigenvalue weighted by Crippen LogP contribution is -2.45. The first-order valence-corrected chi connectivity index (χ1v) is 15.5. The second-order valence-electron chi connectivity index (χ2n) is 12.2. The summed E-state index contributed by atoms with van der Waals surface area (Å²) in [6.45, 7) is 8.70. The van der Waals surface area contributed by atoms with Crippen LogP contribution in [0, 0.1) is 12.8 Å². The fraction of sp³-hybridized carbons (Fsp3) is 0.724. The molecule has 2 aliphatic heterocycles. The van der Waals surface area contributed by atoms with Gasteiger partial charge in [-0.1, -0.05) is 13.8 Å². The van der Waals surface area contributed by atoms with Gasteiger partial charge in [-0.3, -0.25) is 14.5 Å². The van der Waals surface area contributed by atoms with E-state index < -0.39 is 5.92 Å². The van der Waals surface area contributed by atoms with Crippen LogP contribution < -0.4 is 10.6 Å². The maximum atomic E-state index is 13.7. The zero-order valence-corrected chi connectivity index (χ0v) is 24.8. The van der Waals surface area contributed by atoms with E-state index in [2.05, 4.69) is 44.1 Å². The number of carbonyl (C=O) groups is 2. The summed E-state index contributed by atoms with van der Waals surface area (Å²) in [6, 6.07) is 4.94. The van der Waals surface area contributed by atoms with Gasteiger partial charge in [-0.25, -0.2) is 8.78 Å². The summed E-state index contributed by atoms with van der Waals surface area (Å²) in [5.74, 6) is -0.954. The molecule has 3 aliphatic rings.